The van der Waals surface area contributed by atoms with E-state index in [0.717, 1.165) is 5.92 Å². The van der Waals surface area contributed by atoms with Crippen LogP contribution in [0.15, 0.2) is 0 Å². The van der Waals surface area contributed by atoms with Gasteiger partial charge in [-0.25, -0.2) is 0 Å². The van der Waals surface area contributed by atoms with Crippen LogP contribution in [0.25, 0.3) is 0 Å². The van der Waals surface area contributed by atoms with Crippen LogP contribution in [0.4, 0.5) is 0 Å². The molecule has 1 saturated heterocycles. The van der Waals surface area contributed by atoms with Gasteiger partial charge < -0.3 is 4.74 Å². The first-order chi connectivity index (χ1) is 7.14. The zero-order valence-electron chi connectivity index (χ0n) is 11.6. The molecule has 2 atom stereocenters. The molecule has 2 unspecified atom stereocenters. The number of alkyl halides is 1. The molecule has 0 N–H and O–H groups in total. The summed E-state index contributed by atoms with van der Waals surface area (Å²) in [5, 5.41) is 0. The maximum absolute atomic E-state index is 6.13. The van der Waals surface area contributed by atoms with Crippen LogP contribution >= 0.6 is 15.9 Å². The molecule has 0 radical (unpaired) electrons. The molecule has 1 fully saturated rings. The molecule has 0 spiro atoms. The maximum atomic E-state index is 6.13. The zero-order valence-corrected chi connectivity index (χ0v) is 13.2. The van der Waals surface area contributed by atoms with Crippen molar-refractivity contribution >= 4 is 15.9 Å². The quantitative estimate of drug-likeness (QED) is 0.677. The van der Waals surface area contributed by atoms with Crippen molar-refractivity contribution in [1.29, 1.82) is 0 Å². The molecule has 1 nitrogen and oxygen atoms in total. The Balaban J connectivity index is 2.49. The van der Waals surface area contributed by atoms with Gasteiger partial charge in [-0.15, -0.1) is 0 Å². The van der Waals surface area contributed by atoms with Crippen molar-refractivity contribution in [2.24, 2.45) is 11.8 Å². The molecule has 0 aromatic heterocycles. The normalized spacial score (nSPS) is 29.6. The fourth-order valence-electron chi connectivity index (χ4n) is 2.82. The lowest BCUT2D eigenvalue weighted by Crippen LogP contribution is -2.29. The average molecular weight is 291 g/mol. The maximum Gasteiger partial charge on any atom is 0.0662 e. The molecule has 2 heteroatoms. The van der Waals surface area contributed by atoms with Gasteiger partial charge in [0.15, 0.2) is 0 Å². The summed E-state index contributed by atoms with van der Waals surface area (Å²) in [6.45, 7) is 13.5. The highest BCUT2D eigenvalue weighted by Gasteiger charge is 2.45. The molecule has 16 heavy (non-hydrogen) atoms. The molecule has 1 aliphatic rings. The molecular formula is C14H27BrO. The van der Waals surface area contributed by atoms with E-state index in [1.54, 1.807) is 0 Å². The van der Waals surface area contributed by atoms with Crippen molar-refractivity contribution in [1.82, 2.24) is 0 Å². The van der Waals surface area contributed by atoms with Gasteiger partial charge in [0.25, 0.3) is 0 Å². The molecule has 0 aromatic carbocycles. The van der Waals surface area contributed by atoms with Gasteiger partial charge in [0, 0.05) is 4.83 Å². The van der Waals surface area contributed by atoms with Gasteiger partial charge in [0.1, 0.15) is 0 Å². The first-order valence-corrected chi connectivity index (χ1v) is 7.40. The van der Waals surface area contributed by atoms with Crippen LogP contribution in [-0.2, 0) is 4.74 Å². The second kappa shape index (κ2) is 4.97. The molecule has 0 saturated carbocycles. The second-order valence-corrected chi connectivity index (χ2v) is 7.88. The summed E-state index contributed by atoms with van der Waals surface area (Å²) in [5.41, 5.74) is 0.112. The minimum atomic E-state index is 0.0488. The summed E-state index contributed by atoms with van der Waals surface area (Å²) >= 11 is 3.77. The summed E-state index contributed by atoms with van der Waals surface area (Å²) < 4.78 is 6.13. The molecular weight excluding hydrogens is 264 g/mol. The first-order valence-electron chi connectivity index (χ1n) is 6.48. The molecule has 0 amide bonds. The lowest BCUT2D eigenvalue weighted by Gasteiger charge is -2.28. The molecule has 1 heterocycles. The van der Waals surface area contributed by atoms with Crippen molar-refractivity contribution in [3.8, 4) is 0 Å². The van der Waals surface area contributed by atoms with Gasteiger partial charge in [-0.05, 0) is 58.8 Å². The van der Waals surface area contributed by atoms with Crippen molar-refractivity contribution in [2.75, 3.05) is 0 Å². The molecule has 0 aliphatic carbocycles. The predicted octanol–water partition coefficient (Wildman–Crippen LogP) is 4.78. The fraction of sp³-hybridized carbons (Fsp3) is 1.00. The number of ether oxygens (including phenoxy) is 1. The average Bonchev–Trinajstić information content (AvgIpc) is 2.29. The highest BCUT2D eigenvalue weighted by atomic mass is 79.9. The monoisotopic (exact) mass is 290 g/mol. The van der Waals surface area contributed by atoms with E-state index in [9.17, 15) is 0 Å². The number of rotatable bonds is 4. The largest absolute Gasteiger partial charge is 0.369 e. The highest BCUT2D eigenvalue weighted by molar-refractivity contribution is 9.09. The molecule has 1 rings (SSSR count). The van der Waals surface area contributed by atoms with E-state index in [4.69, 9.17) is 4.74 Å². The minimum Gasteiger partial charge on any atom is -0.369 e. The van der Waals surface area contributed by atoms with E-state index in [1.165, 1.54) is 19.3 Å². The molecule has 96 valence electrons. The van der Waals surface area contributed by atoms with Crippen LogP contribution in [0.3, 0.4) is 0 Å². The van der Waals surface area contributed by atoms with Crippen molar-refractivity contribution < 1.29 is 4.74 Å². The minimum absolute atomic E-state index is 0.0488. The van der Waals surface area contributed by atoms with Gasteiger partial charge in [-0.3, -0.25) is 0 Å². The van der Waals surface area contributed by atoms with E-state index >= 15 is 0 Å². The van der Waals surface area contributed by atoms with Crippen molar-refractivity contribution in [3.63, 3.8) is 0 Å². The Morgan fingerprint density at radius 1 is 1.25 bits per heavy atom. The van der Waals surface area contributed by atoms with Crippen LogP contribution in [0.5, 0.6) is 0 Å². The van der Waals surface area contributed by atoms with Crippen molar-refractivity contribution in [3.05, 3.63) is 0 Å². The zero-order chi connectivity index (χ0) is 12.6. The number of halogens is 1. The van der Waals surface area contributed by atoms with E-state index < -0.39 is 0 Å². The SMILES string of the molecule is CC(C)C(Br)CCC1CC(C)(C)OC1(C)C. The Bertz CT molecular complexity index is 233. The third-order valence-electron chi connectivity index (χ3n) is 3.77. The number of hydrogen-bond donors (Lipinski definition) is 0. The molecule has 0 bridgehead atoms. The van der Waals surface area contributed by atoms with Gasteiger partial charge in [-0.2, -0.15) is 0 Å². The standard InChI is InChI=1S/C14H27BrO/c1-10(2)12(15)8-7-11-9-13(3,4)16-14(11,5)6/h10-12H,7-9H2,1-6H3. The smallest absolute Gasteiger partial charge is 0.0662 e. The van der Waals surface area contributed by atoms with Crippen LogP contribution < -0.4 is 0 Å². The van der Waals surface area contributed by atoms with Gasteiger partial charge in [0.05, 0.1) is 11.2 Å². The van der Waals surface area contributed by atoms with Gasteiger partial charge in [0.2, 0.25) is 0 Å². The van der Waals surface area contributed by atoms with E-state index in [-0.39, 0.29) is 11.2 Å². The van der Waals surface area contributed by atoms with Gasteiger partial charge in [-0.1, -0.05) is 29.8 Å². The predicted molar refractivity (Wildman–Crippen MR) is 74.1 cm³/mol. The Hall–Kier alpha value is 0.440. The molecule has 0 aromatic rings. The Labute approximate surface area is 109 Å². The third-order valence-corrected chi connectivity index (χ3v) is 5.29. The topological polar surface area (TPSA) is 9.23 Å². The molecule has 1 aliphatic heterocycles. The fourth-order valence-corrected chi connectivity index (χ4v) is 3.08. The van der Waals surface area contributed by atoms with Crippen LogP contribution in [0.2, 0.25) is 0 Å². The Morgan fingerprint density at radius 2 is 1.81 bits per heavy atom. The van der Waals surface area contributed by atoms with E-state index in [1.807, 2.05) is 0 Å². The lowest BCUT2D eigenvalue weighted by atomic mass is 9.83. The number of hydrogen-bond acceptors (Lipinski definition) is 1. The van der Waals surface area contributed by atoms with E-state index in [0.29, 0.717) is 10.7 Å². The van der Waals surface area contributed by atoms with E-state index in [2.05, 4.69) is 57.5 Å². The van der Waals surface area contributed by atoms with Crippen LogP contribution in [0.1, 0.15) is 60.8 Å². The lowest BCUT2D eigenvalue weighted by molar-refractivity contribution is -0.0753. The van der Waals surface area contributed by atoms with Crippen LogP contribution in [0, 0.1) is 11.8 Å². The highest BCUT2D eigenvalue weighted by Crippen LogP contribution is 2.44. The second-order valence-electron chi connectivity index (χ2n) is 6.70. The first kappa shape index (κ1) is 14.5. The van der Waals surface area contributed by atoms with Gasteiger partial charge >= 0.3 is 0 Å². The third kappa shape index (κ3) is 3.73. The van der Waals surface area contributed by atoms with Crippen LogP contribution in [-0.4, -0.2) is 16.0 Å². The summed E-state index contributed by atoms with van der Waals surface area (Å²) in [6, 6.07) is 0. The summed E-state index contributed by atoms with van der Waals surface area (Å²) in [5.74, 6) is 1.42. The summed E-state index contributed by atoms with van der Waals surface area (Å²) in [4.78, 5) is 0.645. The Morgan fingerprint density at radius 3 is 2.19 bits per heavy atom. The summed E-state index contributed by atoms with van der Waals surface area (Å²) in [6.07, 6.45) is 3.72. The van der Waals surface area contributed by atoms with Crippen molar-refractivity contribution in [2.45, 2.75) is 76.8 Å². The Kier molecular flexibility index (Phi) is 4.51. The summed E-state index contributed by atoms with van der Waals surface area (Å²) in [7, 11) is 0.